The Balaban J connectivity index is 1.54. The Kier molecular flexibility index (Phi) is 3.87. The molecule has 2 aromatic rings. The van der Waals surface area contributed by atoms with Crippen molar-refractivity contribution in [3.63, 3.8) is 0 Å². The van der Waals surface area contributed by atoms with Crippen molar-refractivity contribution in [2.24, 2.45) is 0 Å². The maximum atomic E-state index is 12.5. The van der Waals surface area contributed by atoms with E-state index in [0.717, 1.165) is 52.8 Å². The summed E-state index contributed by atoms with van der Waals surface area (Å²) in [5.41, 5.74) is 2.87. The first-order valence-corrected chi connectivity index (χ1v) is 8.84. The predicted molar refractivity (Wildman–Crippen MR) is 91.2 cm³/mol. The molecule has 0 aromatic heterocycles. The van der Waals surface area contributed by atoms with Crippen molar-refractivity contribution in [1.82, 2.24) is 4.90 Å². The van der Waals surface area contributed by atoms with Crippen LogP contribution in [0, 0.1) is 0 Å². The van der Waals surface area contributed by atoms with Gasteiger partial charge < -0.3 is 14.4 Å². The van der Waals surface area contributed by atoms with E-state index in [1.54, 1.807) is 0 Å². The molecule has 4 rings (SSSR count). The summed E-state index contributed by atoms with van der Waals surface area (Å²) in [5.74, 6) is 3.74. The van der Waals surface area contributed by atoms with Crippen LogP contribution in [0.5, 0.6) is 11.5 Å². The molecule has 1 amide bonds. The summed E-state index contributed by atoms with van der Waals surface area (Å²) in [6, 6.07) is 13.7. The molecule has 2 aliphatic rings. The molecule has 0 radical (unpaired) electrons. The van der Waals surface area contributed by atoms with Crippen molar-refractivity contribution < 1.29 is 14.3 Å². The number of amides is 1. The number of nitrogens with zero attached hydrogens (tertiary/aromatic N) is 1. The van der Waals surface area contributed by atoms with E-state index >= 15 is 0 Å². The molecule has 4 nitrogen and oxygen atoms in total. The summed E-state index contributed by atoms with van der Waals surface area (Å²) < 4.78 is 10.7. The number of thioether (sulfide) groups is 1. The third-order valence-electron chi connectivity index (χ3n) is 4.14. The van der Waals surface area contributed by atoms with E-state index in [0.29, 0.717) is 0 Å². The highest BCUT2D eigenvalue weighted by Crippen LogP contribution is 2.35. The molecule has 118 valence electrons. The van der Waals surface area contributed by atoms with Crippen LogP contribution in [0.25, 0.3) is 11.1 Å². The molecule has 2 aromatic carbocycles. The summed E-state index contributed by atoms with van der Waals surface area (Å²) in [6.45, 7) is 1.96. The van der Waals surface area contributed by atoms with E-state index in [9.17, 15) is 4.79 Å². The van der Waals surface area contributed by atoms with Gasteiger partial charge in [-0.2, -0.15) is 11.8 Å². The highest BCUT2D eigenvalue weighted by atomic mass is 32.2. The van der Waals surface area contributed by atoms with Gasteiger partial charge in [0.15, 0.2) is 11.5 Å². The minimum atomic E-state index is 0.127. The van der Waals surface area contributed by atoms with Crippen LogP contribution in [0.3, 0.4) is 0 Å². The smallest absolute Gasteiger partial charge is 0.253 e. The normalized spacial score (nSPS) is 16.4. The Labute approximate surface area is 139 Å². The Bertz CT molecular complexity index is 724. The lowest BCUT2D eigenvalue weighted by Crippen LogP contribution is -2.37. The number of hydrogen-bond acceptors (Lipinski definition) is 4. The van der Waals surface area contributed by atoms with Gasteiger partial charge in [-0.15, -0.1) is 0 Å². The van der Waals surface area contributed by atoms with Crippen molar-refractivity contribution in [2.45, 2.75) is 0 Å². The SMILES string of the molecule is O=C(c1ccc(-c2ccc3c(c2)OCO3)cc1)N1CCSCC1. The fraction of sp³-hybridized carbons (Fsp3) is 0.278. The van der Waals surface area contributed by atoms with Crippen LogP contribution in [0.15, 0.2) is 42.5 Å². The second-order valence-corrected chi connectivity index (χ2v) is 6.77. The molecule has 2 aliphatic heterocycles. The lowest BCUT2D eigenvalue weighted by molar-refractivity contribution is 0.0772. The molecule has 0 bridgehead atoms. The van der Waals surface area contributed by atoms with Gasteiger partial charge in [-0.05, 0) is 35.4 Å². The van der Waals surface area contributed by atoms with Crippen molar-refractivity contribution in [1.29, 1.82) is 0 Å². The molecule has 0 atom stereocenters. The van der Waals surface area contributed by atoms with Crippen LogP contribution in [-0.4, -0.2) is 42.2 Å². The van der Waals surface area contributed by atoms with E-state index in [2.05, 4.69) is 0 Å². The van der Waals surface area contributed by atoms with Crippen LogP contribution >= 0.6 is 11.8 Å². The average molecular weight is 327 g/mol. The first-order chi connectivity index (χ1) is 11.3. The summed E-state index contributed by atoms with van der Waals surface area (Å²) in [5, 5.41) is 0. The zero-order valence-electron chi connectivity index (χ0n) is 12.7. The van der Waals surface area contributed by atoms with Crippen molar-refractivity contribution in [3.05, 3.63) is 48.0 Å². The molecule has 0 N–H and O–H groups in total. The fourth-order valence-electron chi connectivity index (χ4n) is 2.83. The molecule has 2 heterocycles. The summed E-state index contributed by atoms with van der Waals surface area (Å²) in [6.07, 6.45) is 0. The zero-order valence-corrected chi connectivity index (χ0v) is 13.5. The molecule has 5 heteroatoms. The van der Waals surface area contributed by atoms with Gasteiger partial charge in [0.1, 0.15) is 0 Å². The number of carbonyl (C=O) groups is 1. The van der Waals surface area contributed by atoms with Gasteiger partial charge in [-0.3, -0.25) is 4.79 Å². The number of carbonyl (C=O) groups excluding carboxylic acids is 1. The Hall–Kier alpha value is -2.14. The molecule has 23 heavy (non-hydrogen) atoms. The first kappa shape index (κ1) is 14.5. The van der Waals surface area contributed by atoms with E-state index in [-0.39, 0.29) is 12.7 Å². The minimum Gasteiger partial charge on any atom is -0.454 e. The van der Waals surface area contributed by atoms with Crippen LogP contribution in [0.2, 0.25) is 0 Å². The molecular weight excluding hydrogens is 310 g/mol. The monoisotopic (exact) mass is 327 g/mol. The lowest BCUT2D eigenvalue weighted by atomic mass is 10.0. The van der Waals surface area contributed by atoms with E-state index in [1.165, 1.54) is 0 Å². The van der Waals surface area contributed by atoms with Gasteiger partial charge in [0, 0.05) is 30.2 Å². The summed E-state index contributed by atoms with van der Waals surface area (Å²) >= 11 is 1.90. The molecule has 0 saturated carbocycles. The van der Waals surface area contributed by atoms with Gasteiger partial charge in [0.25, 0.3) is 5.91 Å². The van der Waals surface area contributed by atoms with Crippen LogP contribution in [0.1, 0.15) is 10.4 Å². The number of fused-ring (bicyclic) bond motifs is 1. The predicted octanol–water partition coefficient (Wildman–Crippen LogP) is 3.27. The van der Waals surface area contributed by atoms with Gasteiger partial charge in [0.2, 0.25) is 6.79 Å². The lowest BCUT2D eigenvalue weighted by Gasteiger charge is -2.26. The van der Waals surface area contributed by atoms with Crippen LogP contribution < -0.4 is 9.47 Å². The Morgan fingerprint density at radius 2 is 1.61 bits per heavy atom. The van der Waals surface area contributed by atoms with Crippen molar-refractivity contribution in [2.75, 3.05) is 31.4 Å². The highest BCUT2D eigenvalue weighted by molar-refractivity contribution is 7.99. The van der Waals surface area contributed by atoms with E-state index in [1.807, 2.05) is 59.1 Å². The van der Waals surface area contributed by atoms with Gasteiger partial charge in [0.05, 0.1) is 0 Å². The van der Waals surface area contributed by atoms with Crippen molar-refractivity contribution >= 4 is 17.7 Å². The van der Waals surface area contributed by atoms with Crippen molar-refractivity contribution in [3.8, 4) is 22.6 Å². The van der Waals surface area contributed by atoms with Gasteiger partial charge in [-0.25, -0.2) is 0 Å². The molecule has 0 spiro atoms. The molecule has 0 aliphatic carbocycles. The Morgan fingerprint density at radius 3 is 2.39 bits per heavy atom. The van der Waals surface area contributed by atoms with E-state index in [4.69, 9.17) is 9.47 Å². The molecule has 1 saturated heterocycles. The topological polar surface area (TPSA) is 38.8 Å². The fourth-order valence-corrected chi connectivity index (χ4v) is 3.73. The van der Waals surface area contributed by atoms with Gasteiger partial charge >= 0.3 is 0 Å². The number of rotatable bonds is 2. The largest absolute Gasteiger partial charge is 0.454 e. The second kappa shape index (κ2) is 6.16. The number of hydrogen-bond donors (Lipinski definition) is 0. The van der Waals surface area contributed by atoms with Gasteiger partial charge in [-0.1, -0.05) is 18.2 Å². The summed E-state index contributed by atoms with van der Waals surface area (Å²) in [7, 11) is 0. The average Bonchev–Trinajstić information content (AvgIpc) is 3.10. The Morgan fingerprint density at radius 1 is 0.913 bits per heavy atom. The molecule has 1 fully saturated rings. The first-order valence-electron chi connectivity index (χ1n) is 7.68. The minimum absolute atomic E-state index is 0.127. The maximum absolute atomic E-state index is 12.5. The van der Waals surface area contributed by atoms with Crippen LogP contribution in [0.4, 0.5) is 0 Å². The standard InChI is InChI=1S/C18H17NO3S/c20-18(19-7-9-23-10-8-19)14-3-1-13(2-4-14)15-5-6-16-17(11-15)22-12-21-16/h1-6,11H,7-10,12H2. The maximum Gasteiger partial charge on any atom is 0.253 e. The summed E-state index contributed by atoms with van der Waals surface area (Å²) in [4.78, 5) is 14.4. The van der Waals surface area contributed by atoms with Crippen LogP contribution in [-0.2, 0) is 0 Å². The molecular formula is C18H17NO3S. The zero-order chi connectivity index (χ0) is 15.6. The molecule has 0 unspecified atom stereocenters. The quantitative estimate of drug-likeness (QED) is 0.848. The second-order valence-electron chi connectivity index (χ2n) is 5.55. The van der Waals surface area contributed by atoms with E-state index < -0.39 is 0 Å². The third kappa shape index (κ3) is 2.88. The highest BCUT2D eigenvalue weighted by Gasteiger charge is 2.18. The number of benzene rings is 2. The third-order valence-corrected chi connectivity index (χ3v) is 5.08. The number of ether oxygens (including phenoxy) is 2.